The number of halogens is 1. The second kappa shape index (κ2) is 5.33. The molecule has 0 unspecified atom stereocenters. The van der Waals surface area contributed by atoms with Crippen LogP contribution in [-0.2, 0) is 6.42 Å². The smallest absolute Gasteiger partial charge is 0.254 e. The normalized spacial score (nSPS) is 10.8. The maximum absolute atomic E-state index is 13.4. The number of hydrogen-bond acceptors (Lipinski definition) is 5. The molecule has 0 atom stereocenters. The van der Waals surface area contributed by atoms with Crippen LogP contribution in [0.4, 0.5) is 4.39 Å². The first-order chi connectivity index (χ1) is 9.74. The van der Waals surface area contributed by atoms with E-state index in [0.717, 1.165) is 5.01 Å². The van der Waals surface area contributed by atoms with Crippen molar-refractivity contribution < 1.29 is 9.18 Å². The van der Waals surface area contributed by atoms with Crippen LogP contribution in [0.15, 0.2) is 30.6 Å². The highest BCUT2D eigenvalue weighted by molar-refractivity contribution is 7.16. The Bertz CT molecular complexity index is 724. The number of aromatic nitrogens is 4. The second-order valence-corrected chi connectivity index (χ2v) is 5.08. The maximum atomic E-state index is 13.4. The van der Waals surface area contributed by atoms with Crippen molar-refractivity contribution in [3.63, 3.8) is 0 Å². The van der Waals surface area contributed by atoms with Crippen molar-refractivity contribution in [2.24, 2.45) is 0 Å². The molecule has 1 aromatic carbocycles. The highest BCUT2D eigenvalue weighted by atomic mass is 32.1. The molecule has 1 amide bonds. The van der Waals surface area contributed by atoms with E-state index in [2.05, 4.69) is 20.6 Å². The third kappa shape index (κ3) is 2.50. The molecule has 3 aromatic rings. The van der Waals surface area contributed by atoms with E-state index >= 15 is 0 Å². The number of rotatable bonds is 4. The monoisotopic (exact) mass is 291 g/mol. The highest BCUT2D eigenvalue weighted by Crippen LogP contribution is 2.11. The summed E-state index contributed by atoms with van der Waals surface area (Å²) in [5.74, 6) is -0.949. The van der Waals surface area contributed by atoms with Gasteiger partial charge in [0.25, 0.3) is 5.91 Å². The van der Waals surface area contributed by atoms with E-state index < -0.39 is 11.7 Å². The summed E-state index contributed by atoms with van der Waals surface area (Å²) in [6, 6.07) is 5.89. The highest BCUT2D eigenvalue weighted by Gasteiger charge is 2.11. The zero-order chi connectivity index (χ0) is 13.9. The lowest BCUT2D eigenvalue weighted by atomic mass is 10.2. The first kappa shape index (κ1) is 12.7. The summed E-state index contributed by atoms with van der Waals surface area (Å²) in [6.45, 7) is 0.386. The molecule has 0 aliphatic rings. The molecular formula is C12H10FN5OS. The van der Waals surface area contributed by atoms with Gasteiger partial charge in [-0.3, -0.25) is 4.79 Å². The summed E-state index contributed by atoms with van der Waals surface area (Å²) in [4.78, 5) is 12.5. The molecule has 0 radical (unpaired) electrons. The van der Waals surface area contributed by atoms with Crippen LogP contribution in [0.25, 0.3) is 4.96 Å². The molecular weight excluding hydrogens is 281 g/mol. The molecule has 6 nitrogen and oxygen atoms in total. The van der Waals surface area contributed by atoms with Gasteiger partial charge in [0.15, 0.2) is 0 Å². The number of carbonyl (C=O) groups is 1. The Morgan fingerprint density at radius 3 is 3.05 bits per heavy atom. The lowest BCUT2D eigenvalue weighted by Gasteiger charge is -2.04. The van der Waals surface area contributed by atoms with Crippen molar-refractivity contribution in [3.05, 3.63) is 47.0 Å². The van der Waals surface area contributed by atoms with Gasteiger partial charge in [0.1, 0.15) is 17.2 Å². The minimum Gasteiger partial charge on any atom is -0.352 e. The molecule has 0 bridgehead atoms. The molecule has 8 heteroatoms. The summed E-state index contributed by atoms with van der Waals surface area (Å²) >= 11 is 1.41. The molecule has 0 aliphatic carbocycles. The van der Waals surface area contributed by atoms with Crippen molar-refractivity contribution >= 4 is 22.2 Å². The molecule has 3 rings (SSSR count). The van der Waals surface area contributed by atoms with E-state index in [4.69, 9.17) is 0 Å². The standard InChI is InChI=1S/C12H10FN5OS/c13-9-4-2-1-3-8(9)11(19)14-6-5-10-17-18-7-15-16-12(18)20-10/h1-4,7H,5-6H2,(H,14,19). The summed E-state index contributed by atoms with van der Waals surface area (Å²) in [7, 11) is 0. The Morgan fingerprint density at radius 2 is 2.25 bits per heavy atom. The minimum atomic E-state index is -0.524. The molecule has 0 aliphatic heterocycles. The third-order valence-electron chi connectivity index (χ3n) is 2.67. The number of nitrogens with zero attached hydrogens (tertiary/aromatic N) is 4. The van der Waals surface area contributed by atoms with Crippen molar-refractivity contribution in [2.45, 2.75) is 6.42 Å². The number of hydrogen-bond donors (Lipinski definition) is 1. The van der Waals surface area contributed by atoms with Gasteiger partial charge in [-0.1, -0.05) is 23.5 Å². The average molecular weight is 291 g/mol. The molecule has 20 heavy (non-hydrogen) atoms. The lowest BCUT2D eigenvalue weighted by molar-refractivity contribution is 0.0950. The topological polar surface area (TPSA) is 72.2 Å². The number of fused-ring (bicyclic) bond motifs is 1. The van der Waals surface area contributed by atoms with E-state index in [-0.39, 0.29) is 5.56 Å². The van der Waals surface area contributed by atoms with Crippen molar-refractivity contribution in [3.8, 4) is 0 Å². The average Bonchev–Trinajstić information content (AvgIpc) is 3.00. The molecule has 0 fully saturated rings. The largest absolute Gasteiger partial charge is 0.352 e. The summed E-state index contributed by atoms with van der Waals surface area (Å²) in [6.07, 6.45) is 2.08. The number of nitrogens with one attached hydrogen (secondary N) is 1. The Morgan fingerprint density at radius 1 is 1.40 bits per heavy atom. The fourth-order valence-corrected chi connectivity index (χ4v) is 2.54. The third-order valence-corrected chi connectivity index (χ3v) is 3.64. The number of benzene rings is 1. The van der Waals surface area contributed by atoms with E-state index in [9.17, 15) is 9.18 Å². The fraction of sp³-hybridized carbons (Fsp3) is 0.167. The van der Waals surface area contributed by atoms with Crippen LogP contribution in [0.5, 0.6) is 0 Å². The van der Waals surface area contributed by atoms with Crippen LogP contribution in [0.1, 0.15) is 15.4 Å². The van der Waals surface area contributed by atoms with E-state index in [1.807, 2.05) is 0 Å². The summed E-state index contributed by atoms with van der Waals surface area (Å²) < 4.78 is 15.0. The minimum absolute atomic E-state index is 0.0469. The number of carbonyl (C=O) groups excluding carboxylic acids is 1. The molecule has 0 spiro atoms. The van der Waals surface area contributed by atoms with Gasteiger partial charge in [-0.05, 0) is 12.1 Å². The van der Waals surface area contributed by atoms with Crippen LogP contribution in [0, 0.1) is 5.82 Å². The van der Waals surface area contributed by atoms with Crippen molar-refractivity contribution in [1.29, 1.82) is 0 Å². The molecule has 1 N–H and O–H groups in total. The first-order valence-electron chi connectivity index (χ1n) is 5.92. The second-order valence-electron chi connectivity index (χ2n) is 4.04. The van der Waals surface area contributed by atoms with Crippen LogP contribution in [-0.4, -0.2) is 32.3 Å². The summed E-state index contributed by atoms with van der Waals surface area (Å²) in [5.41, 5.74) is 0.0469. The molecule has 102 valence electrons. The van der Waals surface area contributed by atoms with Crippen LogP contribution in [0.3, 0.4) is 0 Å². The van der Waals surface area contributed by atoms with Gasteiger partial charge < -0.3 is 5.32 Å². The quantitative estimate of drug-likeness (QED) is 0.786. The van der Waals surface area contributed by atoms with Gasteiger partial charge in [0.2, 0.25) is 4.96 Å². The fourth-order valence-electron chi connectivity index (χ4n) is 1.73. The van der Waals surface area contributed by atoms with E-state index in [0.29, 0.717) is 17.9 Å². The van der Waals surface area contributed by atoms with Crippen molar-refractivity contribution in [1.82, 2.24) is 25.1 Å². The zero-order valence-electron chi connectivity index (χ0n) is 10.3. The molecule has 0 saturated carbocycles. The van der Waals surface area contributed by atoms with Gasteiger partial charge in [-0.25, -0.2) is 4.39 Å². The predicted molar refractivity (Wildman–Crippen MR) is 71.1 cm³/mol. The molecule has 0 saturated heterocycles. The van der Waals surface area contributed by atoms with E-state index in [1.165, 1.54) is 29.8 Å². The lowest BCUT2D eigenvalue weighted by Crippen LogP contribution is -2.26. The van der Waals surface area contributed by atoms with Crippen LogP contribution in [0.2, 0.25) is 0 Å². The Hall–Kier alpha value is -2.35. The van der Waals surface area contributed by atoms with Gasteiger partial charge in [-0.2, -0.15) is 9.61 Å². The van der Waals surface area contributed by atoms with Crippen LogP contribution >= 0.6 is 11.3 Å². The maximum Gasteiger partial charge on any atom is 0.254 e. The first-order valence-corrected chi connectivity index (χ1v) is 6.74. The molecule has 2 heterocycles. The Kier molecular flexibility index (Phi) is 3.38. The summed E-state index contributed by atoms with van der Waals surface area (Å²) in [5, 5.41) is 15.3. The SMILES string of the molecule is O=C(NCCc1nn2cnnc2s1)c1ccccc1F. The van der Waals surface area contributed by atoms with E-state index in [1.54, 1.807) is 16.6 Å². The van der Waals surface area contributed by atoms with Gasteiger partial charge >= 0.3 is 0 Å². The number of amides is 1. The predicted octanol–water partition coefficient (Wildman–Crippen LogP) is 1.30. The van der Waals surface area contributed by atoms with Crippen LogP contribution < -0.4 is 5.32 Å². The van der Waals surface area contributed by atoms with Crippen molar-refractivity contribution in [2.75, 3.05) is 6.54 Å². The Balaban J connectivity index is 1.58. The molecule has 2 aromatic heterocycles. The van der Waals surface area contributed by atoms with Gasteiger partial charge in [0, 0.05) is 13.0 Å². The van der Waals surface area contributed by atoms with Gasteiger partial charge in [0.05, 0.1) is 5.56 Å². The van der Waals surface area contributed by atoms with Gasteiger partial charge in [-0.15, -0.1) is 10.2 Å². The zero-order valence-corrected chi connectivity index (χ0v) is 11.1. The Labute approximate surface area is 117 Å².